The molecule has 0 fully saturated rings. The van der Waals surface area contributed by atoms with Crippen LogP contribution in [0.25, 0.3) is 10.8 Å². The van der Waals surface area contributed by atoms with Crippen LogP contribution in [-0.2, 0) is 9.59 Å². The average molecular weight is 400 g/mol. The lowest BCUT2D eigenvalue weighted by molar-refractivity contribution is -0.134. The Morgan fingerprint density at radius 2 is 1.81 bits per heavy atom. The smallest absolute Gasteiger partial charge is 0.300 e. The molecule has 3 aromatic carbocycles. The van der Waals surface area contributed by atoms with Crippen molar-refractivity contribution < 1.29 is 14.7 Å². The van der Waals surface area contributed by atoms with Crippen molar-refractivity contribution in [3.05, 3.63) is 76.8 Å². The predicted octanol–water partition coefficient (Wildman–Crippen LogP) is 5.36. The zero-order valence-electron chi connectivity index (χ0n) is 14.6. The van der Waals surface area contributed by atoms with E-state index in [0.29, 0.717) is 10.8 Å². The number of amides is 1. The molecule has 0 bridgehead atoms. The van der Waals surface area contributed by atoms with Crippen LogP contribution >= 0.6 is 23.4 Å². The molecule has 1 aliphatic heterocycles. The summed E-state index contributed by atoms with van der Waals surface area (Å²) >= 11 is 7.86. The Hall–Kier alpha value is -2.50. The Morgan fingerprint density at radius 1 is 1.11 bits per heavy atom. The molecule has 1 heterocycles. The van der Waals surface area contributed by atoms with Gasteiger partial charge in [-0.3, -0.25) is 9.59 Å². The summed E-state index contributed by atoms with van der Waals surface area (Å²) in [4.78, 5) is 21.0. The van der Waals surface area contributed by atoms with E-state index in [1.165, 1.54) is 16.3 Å². The Bertz CT molecular complexity index is 996. The number of carboxylic acid groups (broad SMARTS) is 1. The Morgan fingerprint density at radius 3 is 2.59 bits per heavy atom. The van der Waals surface area contributed by atoms with Gasteiger partial charge in [0.25, 0.3) is 5.97 Å². The Labute approximate surface area is 166 Å². The number of rotatable bonds is 1. The molecule has 2 N–H and O–H groups in total. The molecule has 4 rings (SSSR count). The van der Waals surface area contributed by atoms with Crippen LogP contribution in [0.1, 0.15) is 23.3 Å². The largest absolute Gasteiger partial charge is 0.481 e. The molecule has 0 radical (unpaired) electrons. The fraction of sp³-hybridized carbons (Fsp3) is 0.143. The number of anilines is 1. The quantitative estimate of drug-likeness (QED) is 0.578. The minimum Gasteiger partial charge on any atom is -0.481 e. The number of hydrogen-bond acceptors (Lipinski definition) is 3. The molecule has 1 aliphatic rings. The van der Waals surface area contributed by atoms with E-state index in [-0.39, 0.29) is 11.2 Å². The fourth-order valence-corrected chi connectivity index (χ4v) is 4.37. The number of carbonyl (C=O) groups excluding carboxylic acids is 1. The number of carboxylic acids is 1. The van der Waals surface area contributed by atoms with E-state index >= 15 is 0 Å². The minimum atomic E-state index is -0.833. The summed E-state index contributed by atoms with van der Waals surface area (Å²) < 4.78 is 0. The van der Waals surface area contributed by atoms with Crippen molar-refractivity contribution in [1.29, 1.82) is 0 Å². The first-order valence-corrected chi connectivity index (χ1v) is 9.76. The minimum absolute atomic E-state index is 0.0290. The summed E-state index contributed by atoms with van der Waals surface area (Å²) in [6, 6.07) is 20.3. The molecular formula is C21H18ClNO3S. The van der Waals surface area contributed by atoms with Crippen LogP contribution in [0, 0.1) is 0 Å². The van der Waals surface area contributed by atoms with E-state index in [9.17, 15) is 4.79 Å². The molecule has 3 aromatic rings. The maximum absolute atomic E-state index is 12.0. The molecule has 6 heteroatoms. The second-order valence-electron chi connectivity index (χ2n) is 6.06. The van der Waals surface area contributed by atoms with Gasteiger partial charge in [-0.25, -0.2) is 0 Å². The maximum atomic E-state index is 12.0. The standard InChI is InChI=1S/C19H14ClNOS.C2H4O2/c20-13-8-9-17-16(10-13)19(23-11-18(22)21-17)15-7-3-5-12-4-1-2-6-14(12)15;1-2(3)4/h1-10,19H,11H2,(H,21,22);1H3,(H,3,4)/t19-;/m1./s1. The van der Waals surface area contributed by atoms with Gasteiger partial charge in [0, 0.05) is 17.6 Å². The van der Waals surface area contributed by atoms with Gasteiger partial charge in [0.2, 0.25) is 5.91 Å². The van der Waals surface area contributed by atoms with Crippen molar-refractivity contribution in [2.24, 2.45) is 0 Å². The van der Waals surface area contributed by atoms with Gasteiger partial charge in [0.1, 0.15) is 0 Å². The number of halogens is 1. The summed E-state index contributed by atoms with van der Waals surface area (Å²) in [5.41, 5.74) is 3.13. The third-order valence-electron chi connectivity index (χ3n) is 4.06. The highest BCUT2D eigenvalue weighted by Crippen LogP contribution is 2.44. The number of nitrogens with one attached hydrogen (secondary N) is 1. The molecule has 27 heavy (non-hydrogen) atoms. The van der Waals surface area contributed by atoms with Crippen molar-refractivity contribution in [2.45, 2.75) is 12.2 Å². The van der Waals surface area contributed by atoms with Gasteiger partial charge < -0.3 is 10.4 Å². The Kier molecular flexibility index (Phi) is 6.04. The summed E-state index contributed by atoms with van der Waals surface area (Å²) in [7, 11) is 0. The highest BCUT2D eigenvalue weighted by molar-refractivity contribution is 8.00. The molecule has 4 nitrogen and oxygen atoms in total. The normalized spacial score (nSPS) is 15.8. The first kappa shape index (κ1) is 19.3. The lowest BCUT2D eigenvalue weighted by atomic mass is 9.97. The number of carbonyl (C=O) groups is 2. The molecule has 0 saturated carbocycles. The maximum Gasteiger partial charge on any atom is 0.300 e. The topological polar surface area (TPSA) is 66.4 Å². The van der Waals surface area contributed by atoms with Gasteiger partial charge in [-0.15, -0.1) is 11.8 Å². The van der Waals surface area contributed by atoms with E-state index in [1.54, 1.807) is 11.8 Å². The van der Waals surface area contributed by atoms with Gasteiger partial charge in [0.15, 0.2) is 0 Å². The summed E-state index contributed by atoms with van der Waals surface area (Å²) in [6.07, 6.45) is 0. The van der Waals surface area contributed by atoms with E-state index in [4.69, 9.17) is 21.5 Å². The van der Waals surface area contributed by atoms with Gasteiger partial charge >= 0.3 is 0 Å². The zero-order chi connectivity index (χ0) is 19.4. The molecule has 0 aliphatic carbocycles. The number of benzene rings is 3. The number of aliphatic carboxylic acids is 1. The summed E-state index contributed by atoms with van der Waals surface area (Å²) in [6.45, 7) is 1.08. The van der Waals surface area contributed by atoms with Crippen LogP contribution in [0.2, 0.25) is 5.02 Å². The first-order chi connectivity index (χ1) is 13.0. The fourth-order valence-electron chi connectivity index (χ4n) is 3.04. The second-order valence-corrected chi connectivity index (χ2v) is 7.59. The van der Waals surface area contributed by atoms with Crippen molar-refractivity contribution >= 4 is 51.7 Å². The molecule has 0 unspecified atom stereocenters. The highest BCUT2D eigenvalue weighted by atomic mass is 35.5. The SMILES string of the molecule is CC(=O)O.O=C1CS[C@H](c2cccc3ccccc23)c2cc(Cl)ccc2N1. The molecule has 0 spiro atoms. The third-order valence-corrected chi connectivity index (χ3v) is 5.56. The van der Waals surface area contributed by atoms with Crippen LogP contribution in [-0.4, -0.2) is 22.7 Å². The number of thioether (sulfide) groups is 1. The van der Waals surface area contributed by atoms with Gasteiger partial charge in [-0.05, 0) is 40.1 Å². The third kappa shape index (κ3) is 4.62. The van der Waals surface area contributed by atoms with Crippen LogP contribution in [0.5, 0.6) is 0 Å². The molecule has 1 amide bonds. The second kappa shape index (κ2) is 8.46. The van der Waals surface area contributed by atoms with Crippen LogP contribution in [0.15, 0.2) is 60.7 Å². The highest BCUT2D eigenvalue weighted by Gasteiger charge is 2.25. The number of fused-ring (bicyclic) bond motifs is 2. The van der Waals surface area contributed by atoms with Crippen molar-refractivity contribution in [1.82, 2.24) is 0 Å². The molecule has 0 saturated heterocycles. The lowest BCUT2D eigenvalue weighted by Crippen LogP contribution is -2.12. The molecule has 0 aromatic heterocycles. The van der Waals surface area contributed by atoms with E-state index in [2.05, 4.69) is 41.7 Å². The van der Waals surface area contributed by atoms with Crippen LogP contribution in [0.3, 0.4) is 0 Å². The van der Waals surface area contributed by atoms with E-state index < -0.39 is 5.97 Å². The summed E-state index contributed by atoms with van der Waals surface area (Å²) in [5.74, 6) is -0.374. The summed E-state index contributed by atoms with van der Waals surface area (Å²) in [5, 5.41) is 13.6. The first-order valence-electron chi connectivity index (χ1n) is 8.34. The van der Waals surface area contributed by atoms with Gasteiger partial charge in [-0.2, -0.15) is 0 Å². The van der Waals surface area contributed by atoms with E-state index in [1.807, 2.05) is 24.3 Å². The van der Waals surface area contributed by atoms with Gasteiger partial charge in [0.05, 0.1) is 11.0 Å². The molecule has 138 valence electrons. The zero-order valence-corrected chi connectivity index (χ0v) is 16.2. The monoisotopic (exact) mass is 399 g/mol. The van der Waals surface area contributed by atoms with Crippen molar-refractivity contribution in [3.8, 4) is 0 Å². The lowest BCUT2D eigenvalue weighted by Gasteiger charge is -2.19. The van der Waals surface area contributed by atoms with Crippen LogP contribution in [0.4, 0.5) is 5.69 Å². The Balaban J connectivity index is 0.000000481. The molecular weight excluding hydrogens is 382 g/mol. The predicted molar refractivity (Wildman–Crippen MR) is 112 cm³/mol. The van der Waals surface area contributed by atoms with Crippen molar-refractivity contribution in [2.75, 3.05) is 11.1 Å². The number of hydrogen-bond donors (Lipinski definition) is 2. The van der Waals surface area contributed by atoms with Crippen molar-refractivity contribution in [3.63, 3.8) is 0 Å². The molecule has 1 atom stereocenters. The van der Waals surface area contributed by atoms with Gasteiger partial charge in [-0.1, -0.05) is 54.1 Å². The average Bonchev–Trinajstić information content (AvgIpc) is 2.79. The van der Waals surface area contributed by atoms with E-state index in [0.717, 1.165) is 18.2 Å². The van der Waals surface area contributed by atoms with Crippen LogP contribution < -0.4 is 5.32 Å².